The van der Waals surface area contributed by atoms with Crippen LogP contribution in [0.3, 0.4) is 0 Å². The predicted octanol–water partition coefficient (Wildman–Crippen LogP) is 4.45. The number of halogens is 6. The molecular weight excluding hydrogens is 410 g/mol. The third-order valence-electron chi connectivity index (χ3n) is 4.55. The van der Waals surface area contributed by atoms with E-state index in [0.717, 1.165) is 36.4 Å². The molecule has 0 amide bonds. The molecule has 2 aromatic carbocycles. The van der Waals surface area contributed by atoms with Crippen molar-refractivity contribution < 1.29 is 31.1 Å². The lowest BCUT2D eigenvalue weighted by molar-refractivity contribution is -0.0908. The minimum atomic E-state index is -3.76. The van der Waals surface area contributed by atoms with Gasteiger partial charge in [0.2, 0.25) is 0 Å². The molecule has 9 heteroatoms. The molecule has 3 aromatic rings. The quantitative estimate of drug-likeness (QED) is 0.357. The van der Waals surface area contributed by atoms with Gasteiger partial charge in [0.25, 0.3) is 0 Å². The molecular formula is C21H10F6N2O. The van der Waals surface area contributed by atoms with Crippen LogP contribution in [0, 0.1) is 35.1 Å². The first-order chi connectivity index (χ1) is 14.2. The van der Waals surface area contributed by atoms with Crippen LogP contribution in [0.4, 0.5) is 26.3 Å². The first-order valence-corrected chi connectivity index (χ1v) is 8.51. The Morgan fingerprint density at radius 2 is 1.60 bits per heavy atom. The Labute approximate surface area is 166 Å². The molecule has 152 valence electrons. The van der Waals surface area contributed by atoms with E-state index in [4.69, 9.17) is 4.74 Å². The molecule has 0 bridgehead atoms. The van der Waals surface area contributed by atoms with Gasteiger partial charge in [-0.05, 0) is 48.4 Å². The molecule has 1 saturated heterocycles. The highest BCUT2D eigenvalue weighted by atomic mass is 19.3. The number of alkyl halides is 2. The summed E-state index contributed by atoms with van der Waals surface area (Å²) in [4.78, 5) is 0. The SMILES string of the molecule is Fc1ccc(C2(C(F)(F)c3ccc(C#Cc4ccc(F)c(F)c4)nn3)CO2)c(F)c1. The first-order valence-electron chi connectivity index (χ1n) is 8.51. The number of rotatable bonds is 3. The standard InChI is InChI=1S/C21H10F6N2O/c22-13-3-6-15(17(24)10-13)20(11-30-20)21(26,27)19-8-5-14(28-29-19)4-1-12-2-7-16(23)18(25)9-12/h2-3,5-10H,11H2. The van der Waals surface area contributed by atoms with Crippen LogP contribution < -0.4 is 0 Å². The van der Waals surface area contributed by atoms with Crippen molar-refractivity contribution in [3.8, 4) is 11.8 Å². The van der Waals surface area contributed by atoms with Crippen molar-refractivity contribution in [2.24, 2.45) is 0 Å². The Hall–Kier alpha value is -3.38. The van der Waals surface area contributed by atoms with Crippen LogP contribution in [0.1, 0.15) is 22.5 Å². The minimum absolute atomic E-state index is 0.00184. The topological polar surface area (TPSA) is 38.3 Å². The van der Waals surface area contributed by atoms with Crippen LogP contribution in [0.25, 0.3) is 0 Å². The van der Waals surface area contributed by atoms with Gasteiger partial charge >= 0.3 is 5.92 Å². The van der Waals surface area contributed by atoms with Gasteiger partial charge in [-0.15, -0.1) is 10.2 Å². The summed E-state index contributed by atoms with van der Waals surface area (Å²) < 4.78 is 88.2. The molecule has 0 aliphatic carbocycles. The number of hydrogen-bond acceptors (Lipinski definition) is 3. The maximum Gasteiger partial charge on any atom is 0.326 e. The van der Waals surface area contributed by atoms with Crippen molar-refractivity contribution >= 4 is 0 Å². The van der Waals surface area contributed by atoms with Crippen LogP contribution in [0.15, 0.2) is 48.5 Å². The highest BCUT2D eigenvalue weighted by Crippen LogP contribution is 2.56. The van der Waals surface area contributed by atoms with Crippen LogP contribution in [0.2, 0.25) is 0 Å². The molecule has 4 rings (SSSR count). The third-order valence-corrected chi connectivity index (χ3v) is 4.55. The third kappa shape index (κ3) is 3.39. The van der Waals surface area contributed by atoms with Gasteiger partial charge in [0.05, 0.1) is 6.61 Å². The number of ether oxygens (including phenoxy) is 1. The number of aromatic nitrogens is 2. The monoisotopic (exact) mass is 420 g/mol. The lowest BCUT2D eigenvalue weighted by atomic mass is 9.90. The van der Waals surface area contributed by atoms with E-state index in [0.29, 0.717) is 6.07 Å². The van der Waals surface area contributed by atoms with Crippen LogP contribution in [-0.2, 0) is 16.3 Å². The summed E-state index contributed by atoms with van der Waals surface area (Å²) in [6.45, 7) is -0.484. The van der Waals surface area contributed by atoms with E-state index >= 15 is 8.78 Å². The highest BCUT2D eigenvalue weighted by molar-refractivity contribution is 5.41. The second-order valence-electron chi connectivity index (χ2n) is 6.50. The lowest BCUT2D eigenvalue weighted by Gasteiger charge is -2.23. The Bertz CT molecular complexity index is 1180. The fourth-order valence-electron chi connectivity index (χ4n) is 2.88. The van der Waals surface area contributed by atoms with Crippen LogP contribution >= 0.6 is 0 Å². The zero-order valence-corrected chi connectivity index (χ0v) is 14.9. The van der Waals surface area contributed by atoms with Crippen molar-refractivity contribution in [2.45, 2.75) is 11.5 Å². The normalized spacial score (nSPS) is 17.9. The number of benzene rings is 2. The maximum atomic E-state index is 15.0. The van der Waals surface area contributed by atoms with E-state index in [-0.39, 0.29) is 11.3 Å². The summed E-state index contributed by atoms with van der Waals surface area (Å²) in [7, 11) is 0. The summed E-state index contributed by atoms with van der Waals surface area (Å²) in [5.74, 6) is -2.92. The molecule has 1 unspecified atom stereocenters. The Morgan fingerprint density at radius 3 is 2.20 bits per heavy atom. The van der Waals surface area contributed by atoms with Crippen LogP contribution in [-0.4, -0.2) is 16.8 Å². The largest absolute Gasteiger partial charge is 0.357 e. The molecule has 0 N–H and O–H groups in total. The lowest BCUT2D eigenvalue weighted by Crippen LogP contribution is -2.34. The van der Waals surface area contributed by atoms with Gasteiger partial charge in [0.15, 0.2) is 17.2 Å². The second-order valence-corrected chi connectivity index (χ2v) is 6.50. The van der Waals surface area contributed by atoms with Crippen molar-refractivity contribution in [2.75, 3.05) is 6.61 Å². The molecule has 0 radical (unpaired) electrons. The van der Waals surface area contributed by atoms with Crippen molar-refractivity contribution in [3.63, 3.8) is 0 Å². The molecule has 1 aliphatic rings. The van der Waals surface area contributed by atoms with E-state index in [9.17, 15) is 17.6 Å². The molecule has 0 saturated carbocycles. The van der Waals surface area contributed by atoms with E-state index in [1.54, 1.807) is 0 Å². The zero-order valence-electron chi connectivity index (χ0n) is 14.9. The van der Waals surface area contributed by atoms with Gasteiger partial charge in [-0.1, -0.05) is 5.92 Å². The van der Waals surface area contributed by atoms with Gasteiger partial charge < -0.3 is 4.74 Å². The minimum Gasteiger partial charge on any atom is -0.357 e. The summed E-state index contributed by atoms with van der Waals surface area (Å²) in [5.41, 5.74) is -3.43. The average Bonchev–Trinajstić information content (AvgIpc) is 3.51. The fraction of sp³-hybridized carbons (Fsp3) is 0.143. The van der Waals surface area contributed by atoms with Crippen LogP contribution in [0.5, 0.6) is 0 Å². The van der Waals surface area contributed by atoms with E-state index in [2.05, 4.69) is 22.0 Å². The predicted molar refractivity (Wildman–Crippen MR) is 92.3 cm³/mol. The Kier molecular flexibility index (Phi) is 4.74. The molecule has 1 fully saturated rings. The van der Waals surface area contributed by atoms with Crippen molar-refractivity contribution in [1.82, 2.24) is 10.2 Å². The summed E-state index contributed by atoms with van der Waals surface area (Å²) in [6, 6.07) is 7.39. The molecule has 1 aliphatic heterocycles. The molecule has 2 heterocycles. The molecule has 1 atom stereocenters. The van der Waals surface area contributed by atoms with E-state index < -0.39 is 52.7 Å². The Morgan fingerprint density at radius 1 is 0.833 bits per heavy atom. The van der Waals surface area contributed by atoms with Crippen molar-refractivity contribution in [3.05, 3.63) is 94.3 Å². The molecule has 1 aromatic heterocycles. The Balaban J connectivity index is 1.60. The van der Waals surface area contributed by atoms with Gasteiger partial charge in [-0.2, -0.15) is 8.78 Å². The first kappa shape index (κ1) is 19.9. The van der Waals surface area contributed by atoms with Crippen molar-refractivity contribution in [1.29, 1.82) is 0 Å². The van der Waals surface area contributed by atoms with Gasteiger partial charge in [-0.25, -0.2) is 17.6 Å². The smallest absolute Gasteiger partial charge is 0.326 e. The average molecular weight is 420 g/mol. The molecule has 30 heavy (non-hydrogen) atoms. The zero-order chi connectivity index (χ0) is 21.5. The fourth-order valence-corrected chi connectivity index (χ4v) is 2.88. The highest BCUT2D eigenvalue weighted by Gasteiger charge is 2.68. The molecule has 0 spiro atoms. The van der Waals surface area contributed by atoms with E-state index in [1.165, 1.54) is 6.07 Å². The maximum absolute atomic E-state index is 15.0. The number of epoxide rings is 1. The van der Waals surface area contributed by atoms with Gasteiger partial charge in [0, 0.05) is 17.2 Å². The van der Waals surface area contributed by atoms with Gasteiger partial charge in [0.1, 0.15) is 23.0 Å². The van der Waals surface area contributed by atoms with Gasteiger partial charge in [-0.3, -0.25) is 0 Å². The number of nitrogens with zero attached hydrogens (tertiary/aromatic N) is 2. The summed E-state index contributed by atoms with van der Waals surface area (Å²) in [5, 5.41) is 7.05. The molecule has 3 nitrogen and oxygen atoms in total. The summed E-state index contributed by atoms with van der Waals surface area (Å²) >= 11 is 0. The summed E-state index contributed by atoms with van der Waals surface area (Å²) in [6.07, 6.45) is 0. The second kappa shape index (κ2) is 7.15. The van der Waals surface area contributed by atoms with E-state index in [1.807, 2.05) is 0 Å². The number of hydrogen-bond donors (Lipinski definition) is 0.